The highest BCUT2D eigenvalue weighted by Gasteiger charge is 2.41. The number of carbonyl (C=O) groups is 1. The Morgan fingerprint density at radius 3 is 3.00 bits per heavy atom. The van der Waals surface area contributed by atoms with Crippen LogP contribution in [0.15, 0.2) is 22.9 Å². The first kappa shape index (κ1) is 17.3. The number of hydrogen-bond acceptors (Lipinski definition) is 5. The summed E-state index contributed by atoms with van der Waals surface area (Å²) in [6.07, 6.45) is 3.27. The number of H-pyrrole nitrogens is 1. The molecule has 0 spiro atoms. The van der Waals surface area contributed by atoms with Crippen LogP contribution >= 0.6 is 0 Å². The van der Waals surface area contributed by atoms with E-state index in [1.807, 2.05) is 37.1 Å². The van der Waals surface area contributed by atoms with Crippen LogP contribution in [0.2, 0.25) is 0 Å². The van der Waals surface area contributed by atoms with Crippen LogP contribution in [-0.2, 0) is 22.5 Å². The number of ether oxygens (including phenoxy) is 1. The Labute approximate surface area is 153 Å². The largest absolute Gasteiger partial charge is 0.373 e. The third kappa shape index (κ3) is 3.41. The molecule has 2 unspecified atom stereocenters. The summed E-state index contributed by atoms with van der Waals surface area (Å²) in [7, 11) is 0. The van der Waals surface area contributed by atoms with Gasteiger partial charge in [0, 0.05) is 50.1 Å². The second-order valence-corrected chi connectivity index (χ2v) is 7.24. The Hall–Kier alpha value is -2.12. The van der Waals surface area contributed by atoms with Crippen molar-refractivity contribution >= 4 is 5.91 Å². The lowest BCUT2D eigenvalue weighted by Gasteiger charge is -2.36. The van der Waals surface area contributed by atoms with Crippen molar-refractivity contribution in [2.45, 2.75) is 45.4 Å². The van der Waals surface area contributed by atoms with Gasteiger partial charge in [-0.3, -0.25) is 9.69 Å². The SMILES string of the molecule is Cc1noc(C)c1CN1CCOC2CN(C(=O)CCc3ccc[nH]3)CC21. The van der Waals surface area contributed by atoms with E-state index in [2.05, 4.69) is 15.0 Å². The Balaban J connectivity index is 1.38. The summed E-state index contributed by atoms with van der Waals surface area (Å²) in [6.45, 7) is 7.73. The zero-order valence-electron chi connectivity index (χ0n) is 15.4. The fourth-order valence-electron chi connectivity index (χ4n) is 4.01. The van der Waals surface area contributed by atoms with Gasteiger partial charge in [-0.15, -0.1) is 0 Å². The minimum Gasteiger partial charge on any atom is -0.373 e. The molecule has 4 rings (SSSR count). The summed E-state index contributed by atoms with van der Waals surface area (Å²) in [5.74, 6) is 1.08. The maximum atomic E-state index is 12.6. The number of rotatable bonds is 5. The average Bonchev–Trinajstić information content (AvgIpc) is 3.36. The molecule has 140 valence electrons. The van der Waals surface area contributed by atoms with Crippen LogP contribution in [0.5, 0.6) is 0 Å². The van der Waals surface area contributed by atoms with Crippen LogP contribution < -0.4 is 0 Å². The van der Waals surface area contributed by atoms with E-state index in [1.54, 1.807) is 0 Å². The lowest BCUT2D eigenvalue weighted by molar-refractivity contribution is -0.130. The molecular formula is C19H26N4O3. The van der Waals surface area contributed by atoms with Crippen molar-refractivity contribution in [2.24, 2.45) is 0 Å². The van der Waals surface area contributed by atoms with Crippen LogP contribution in [0, 0.1) is 13.8 Å². The van der Waals surface area contributed by atoms with Gasteiger partial charge in [0.25, 0.3) is 0 Å². The van der Waals surface area contributed by atoms with E-state index in [0.29, 0.717) is 19.6 Å². The minimum atomic E-state index is 0.0960. The maximum Gasteiger partial charge on any atom is 0.223 e. The van der Waals surface area contributed by atoms with Crippen molar-refractivity contribution in [3.8, 4) is 0 Å². The molecule has 0 bridgehead atoms. The van der Waals surface area contributed by atoms with E-state index in [-0.39, 0.29) is 18.1 Å². The standard InChI is InChI=1S/C19H26N4O3/c1-13-16(14(2)26-21-13)10-22-8-9-25-18-12-23(11-17(18)22)19(24)6-5-15-4-3-7-20-15/h3-4,7,17-18,20H,5-6,8-12H2,1-2H3. The zero-order valence-corrected chi connectivity index (χ0v) is 15.4. The van der Waals surface area contributed by atoms with Crippen molar-refractivity contribution < 1.29 is 14.1 Å². The predicted molar refractivity (Wildman–Crippen MR) is 95.6 cm³/mol. The van der Waals surface area contributed by atoms with Crippen LogP contribution in [0.1, 0.15) is 29.1 Å². The first-order chi connectivity index (χ1) is 12.6. The van der Waals surface area contributed by atoms with Gasteiger partial charge < -0.3 is 19.1 Å². The zero-order chi connectivity index (χ0) is 18.1. The summed E-state index contributed by atoms with van der Waals surface area (Å²) in [5.41, 5.74) is 3.20. The molecule has 0 aromatic carbocycles. The highest BCUT2D eigenvalue weighted by Crippen LogP contribution is 2.26. The van der Waals surface area contributed by atoms with Gasteiger partial charge in [-0.05, 0) is 32.4 Å². The number of aromatic amines is 1. The molecule has 0 saturated carbocycles. The molecule has 2 saturated heterocycles. The first-order valence-corrected chi connectivity index (χ1v) is 9.29. The van der Waals surface area contributed by atoms with Crippen LogP contribution in [0.4, 0.5) is 0 Å². The summed E-state index contributed by atoms with van der Waals surface area (Å²) >= 11 is 0. The average molecular weight is 358 g/mol. The second kappa shape index (κ2) is 7.25. The molecule has 2 atom stereocenters. The highest BCUT2D eigenvalue weighted by molar-refractivity contribution is 5.77. The third-order valence-corrected chi connectivity index (χ3v) is 5.58. The number of amides is 1. The number of nitrogens with one attached hydrogen (secondary N) is 1. The van der Waals surface area contributed by atoms with E-state index in [0.717, 1.165) is 48.8 Å². The molecule has 2 aromatic rings. The van der Waals surface area contributed by atoms with E-state index in [9.17, 15) is 4.79 Å². The topological polar surface area (TPSA) is 74.6 Å². The van der Waals surface area contributed by atoms with Crippen molar-refractivity contribution in [1.29, 1.82) is 0 Å². The monoisotopic (exact) mass is 358 g/mol. The number of likely N-dealkylation sites (tertiary alicyclic amines) is 1. The fraction of sp³-hybridized carbons (Fsp3) is 0.579. The second-order valence-electron chi connectivity index (χ2n) is 7.24. The number of carbonyl (C=O) groups excluding carboxylic acids is 1. The predicted octanol–water partition coefficient (Wildman–Crippen LogP) is 1.66. The van der Waals surface area contributed by atoms with Gasteiger partial charge in [0.1, 0.15) is 5.76 Å². The summed E-state index contributed by atoms with van der Waals surface area (Å²) < 4.78 is 11.3. The molecule has 1 amide bonds. The smallest absolute Gasteiger partial charge is 0.223 e. The van der Waals surface area contributed by atoms with E-state index >= 15 is 0 Å². The molecule has 2 aromatic heterocycles. The van der Waals surface area contributed by atoms with Gasteiger partial charge in [0.2, 0.25) is 5.91 Å². The fourth-order valence-corrected chi connectivity index (χ4v) is 4.01. The molecule has 0 radical (unpaired) electrons. The number of fused-ring (bicyclic) bond motifs is 1. The van der Waals surface area contributed by atoms with Gasteiger partial charge in [0.15, 0.2) is 0 Å². The number of aryl methyl sites for hydroxylation is 3. The number of nitrogens with zero attached hydrogens (tertiary/aromatic N) is 3. The first-order valence-electron chi connectivity index (χ1n) is 9.29. The van der Waals surface area contributed by atoms with Gasteiger partial charge in [0.05, 0.1) is 24.4 Å². The Kier molecular flexibility index (Phi) is 4.82. The van der Waals surface area contributed by atoms with Gasteiger partial charge >= 0.3 is 0 Å². The van der Waals surface area contributed by atoms with Gasteiger partial charge in [-0.25, -0.2) is 0 Å². The molecule has 2 aliphatic rings. The van der Waals surface area contributed by atoms with Crippen molar-refractivity contribution in [3.05, 3.63) is 41.0 Å². The van der Waals surface area contributed by atoms with Gasteiger partial charge in [-0.1, -0.05) is 5.16 Å². The van der Waals surface area contributed by atoms with E-state index in [1.165, 1.54) is 0 Å². The molecule has 1 N–H and O–H groups in total. The lowest BCUT2D eigenvalue weighted by atomic mass is 10.1. The Bertz CT molecular complexity index is 735. The molecule has 26 heavy (non-hydrogen) atoms. The van der Waals surface area contributed by atoms with Gasteiger partial charge in [-0.2, -0.15) is 0 Å². The minimum absolute atomic E-state index is 0.0960. The highest BCUT2D eigenvalue weighted by atomic mass is 16.5. The number of hydrogen-bond donors (Lipinski definition) is 1. The quantitative estimate of drug-likeness (QED) is 0.880. The molecule has 0 aliphatic carbocycles. The number of morpholine rings is 1. The number of aromatic nitrogens is 2. The van der Waals surface area contributed by atoms with Crippen molar-refractivity contribution in [2.75, 3.05) is 26.2 Å². The van der Waals surface area contributed by atoms with Crippen LogP contribution in [-0.4, -0.2) is 64.2 Å². The third-order valence-electron chi connectivity index (χ3n) is 5.58. The van der Waals surface area contributed by atoms with E-state index in [4.69, 9.17) is 9.26 Å². The van der Waals surface area contributed by atoms with Crippen LogP contribution in [0.25, 0.3) is 0 Å². The molecule has 7 nitrogen and oxygen atoms in total. The maximum absolute atomic E-state index is 12.6. The Morgan fingerprint density at radius 2 is 2.27 bits per heavy atom. The molecule has 7 heteroatoms. The summed E-state index contributed by atoms with van der Waals surface area (Å²) in [5, 5.41) is 4.06. The summed E-state index contributed by atoms with van der Waals surface area (Å²) in [4.78, 5) is 20.2. The van der Waals surface area contributed by atoms with Crippen molar-refractivity contribution in [1.82, 2.24) is 19.9 Å². The van der Waals surface area contributed by atoms with Crippen molar-refractivity contribution in [3.63, 3.8) is 0 Å². The Morgan fingerprint density at radius 1 is 1.38 bits per heavy atom. The molecule has 4 heterocycles. The van der Waals surface area contributed by atoms with Crippen LogP contribution in [0.3, 0.4) is 0 Å². The lowest BCUT2D eigenvalue weighted by Crippen LogP contribution is -2.50. The molecular weight excluding hydrogens is 332 g/mol. The molecule has 2 fully saturated rings. The molecule has 2 aliphatic heterocycles. The summed E-state index contributed by atoms with van der Waals surface area (Å²) in [6, 6.07) is 4.22. The normalized spacial score (nSPS) is 23.4. The van der Waals surface area contributed by atoms with E-state index < -0.39 is 0 Å².